The summed E-state index contributed by atoms with van der Waals surface area (Å²) >= 11 is 0. The van der Waals surface area contributed by atoms with Gasteiger partial charge in [-0.25, -0.2) is 0 Å². The molecule has 0 spiro atoms. The molecular formula is C42H63N3O9. The summed E-state index contributed by atoms with van der Waals surface area (Å²) in [6.07, 6.45) is 4.92. The predicted molar refractivity (Wildman–Crippen MR) is 211 cm³/mol. The first kappa shape index (κ1) is 43.0. The van der Waals surface area contributed by atoms with Crippen molar-refractivity contribution in [1.29, 1.82) is 0 Å². The lowest BCUT2D eigenvalue weighted by Gasteiger charge is -2.24. The molecule has 6 rings (SSSR count). The lowest BCUT2D eigenvalue weighted by Crippen LogP contribution is -2.20. The molecule has 0 saturated carbocycles. The molecule has 3 aromatic carbocycles. The molecule has 300 valence electrons. The van der Waals surface area contributed by atoms with Crippen molar-refractivity contribution in [2.45, 2.75) is 97.2 Å². The normalized spacial score (nSPS) is 16.0. The highest BCUT2D eigenvalue weighted by molar-refractivity contribution is 5.56. The molecule has 3 aliphatic heterocycles. The minimum Gasteiger partial charge on any atom is -0.496 e. The molecule has 3 atom stereocenters. The zero-order valence-electron chi connectivity index (χ0n) is 33.9. The van der Waals surface area contributed by atoms with Crippen LogP contribution in [0.1, 0.15) is 70.8 Å². The Labute approximate surface area is 321 Å². The van der Waals surface area contributed by atoms with Gasteiger partial charge in [-0.3, -0.25) is 0 Å². The van der Waals surface area contributed by atoms with Gasteiger partial charge in [-0.2, -0.15) is 0 Å². The molecule has 0 aromatic heterocycles. The van der Waals surface area contributed by atoms with Crippen molar-refractivity contribution in [3.05, 3.63) is 68.3 Å². The molecule has 0 bridgehead atoms. The van der Waals surface area contributed by atoms with E-state index >= 15 is 0 Å². The van der Waals surface area contributed by atoms with E-state index in [0.29, 0.717) is 19.8 Å². The summed E-state index contributed by atoms with van der Waals surface area (Å²) in [5, 5.41) is 0. The van der Waals surface area contributed by atoms with E-state index in [4.69, 9.17) is 59.8 Å². The van der Waals surface area contributed by atoms with Crippen LogP contribution in [0.15, 0.2) is 18.2 Å². The second-order valence-electron chi connectivity index (χ2n) is 14.1. The highest BCUT2D eigenvalue weighted by Crippen LogP contribution is 2.40. The Morgan fingerprint density at radius 1 is 0.444 bits per heavy atom. The van der Waals surface area contributed by atoms with E-state index in [1.165, 1.54) is 16.7 Å². The van der Waals surface area contributed by atoms with Gasteiger partial charge in [0, 0.05) is 51.5 Å². The van der Waals surface area contributed by atoms with Crippen LogP contribution in [0, 0.1) is 0 Å². The Morgan fingerprint density at radius 2 is 0.704 bits per heavy atom. The van der Waals surface area contributed by atoms with E-state index in [2.05, 4.69) is 0 Å². The van der Waals surface area contributed by atoms with Crippen molar-refractivity contribution in [2.75, 3.05) is 62.5 Å². The molecule has 3 aromatic rings. The number of fused-ring (bicyclic) bond motifs is 3. The largest absolute Gasteiger partial charge is 0.496 e. The predicted octanol–water partition coefficient (Wildman–Crippen LogP) is 5.00. The highest BCUT2D eigenvalue weighted by Gasteiger charge is 2.25. The van der Waals surface area contributed by atoms with Gasteiger partial charge in [-0.05, 0) is 94.2 Å². The minimum absolute atomic E-state index is 0.0890. The first-order chi connectivity index (χ1) is 26.0. The van der Waals surface area contributed by atoms with E-state index in [0.717, 1.165) is 126 Å². The maximum Gasteiger partial charge on any atom is 0.128 e. The number of hydrogen-bond donors (Lipinski definition) is 3. The van der Waals surface area contributed by atoms with Gasteiger partial charge in [0.15, 0.2) is 0 Å². The lowest BCUT2D eigenvalue weighted by molar-refractivity contribution is 0.107. The fourth-order valence-corrected chi connectivity index (χ4v) is 7.50. The van der Waals surface area contributed by atoms with E-state index in [9.17, 15) is 0 Å². The van der Waals surface area contributed by atoms with E-state index in [1.807, 2.05) is 39.0 Å². The third-order valence-electron chi connectivity index (χ3n) is 9.72. The third kappa shape index (κ3) is 10.5. The van der Waals surface area contributed by atoms with Gasteiger partial charge < -0.3 is 59.8 Å². The molecule has 12 nitrogen and oxygen atoms in total. The van der Waals surface area contributed by atoms with E-state index in [-0.39, 0.29) is 18.1 Å². The SMILES string of the molecule is COc1cc(CC(C)N)c(OC)c2c1CCOC2.COc1cc(CC(C)N)c(OC)c2c1CCOC2.COc1cc(CC(C)N)c(OC)c2c1CCOC2. The molecule has 0 amide bonds. The van der Waals surface area contributed by atoms with Crippen molar-refractivity contribution in [3.8, 4) is 34.5 Å². The molecule has 0 radical (unpaired) electrons. The number of hydrogen-bond acceptors (Lipinski definition) is 12. The smallest absolute Gasteiger partial charge is 0.128 e. The van der Waals surface area contributed by atoms with Gasteiger partial charge in [-0.15, -0.1) is 0 Å². The molecule has 0 fully saturated rings. The molecule has 3 heterocycles. The summed E-state index contributed by atoms with van der Waals surface area (Å²) < 4.78 is 49.7. The Morgan fingerprint density at radius 3 is 0.907 bits per heavy atom. The second kappa shape index (κ2) is 20.8. The zero-order valence-corrected chi connectivity index (χ0v) is 33.9. The number of nitrogens with two attached hydrogens (primary N) is 3. The molecule has 0 aliphatic carbocycles. The quantitative estimate of drug-likeness (QED) is 0.228. The lowest BCUT2D eigenvalue weighted by atomic mass is 9.95. The van der Waals surface area contributed by atoms with Crippen LogP contribution in [0.25, 0.3) is 0 Å². The van der Waals surface area contributed by atoms with Crippen LogP contribution >= 0.6 is 0 Å². The van der Waals surface area contributed by atoms with Crippen molar-refractivity contribution in [1.82, 2.24) is 0 Å². The Kier molecular flexibility index (Phi) is 16.5. The monoisotopic (exact) mass is 753 g/mol. The van der Waals surface area contributed by atoms with Crippen LogP contribution in [0.5, 0.6) is 34.5 Å². The number of rotatable bonds is 12. The first-order valence-corrected chi connectivity index (χ1v) is 18.8. The average Bonchev–Trinajstić information content (AvgIpc) is 3.16. The van der Waals surface area contributed by atoms with Crippen molar-refractivity contribution in [3.63, 3.8) is 0 Å². The van der Waals surface area contributed by atoms with Gasteiger partial charge in [0.25, 0.3) is 0 Å². The molecule has 3 unspecified atom stereocenters. The van der Waals surface area contributed by atoms with Crippen LogP contribution in [-0.2, 0) is 72.6 Å². The summed E-state index contributed by atoms with van der Waals surface area (Å²) in [5.74, 6) is 5.48. The van der Waals surface area contributed by atoms with Crippen LogP contribution in [0.3, 0.4) is 0 Å². The zero-order chi connectivity index (χ0) is 39.4. The number of methoxy groups -OCH3 is 6. The van der Waals surface area contributed by atoms with Crippen LogP contribution in [0.4, 0.5) is 0 Å². The topological polar surface area (TPSA) is 161 Å². The highest BCUT2D eigenvalue weighted by atomic mass is 16.5. The summed E-state index contributed by atoms with van der Waals surface area (Å²) in [5.41, 5.74) is 27.9. The third-order valence-corrected chi connectivity index (χ3v) is 9.72. The number of ether oxygens (including phenoxy) is 9. The van der Waals surface area contributed by atoms with Crippen LogP contribution in [0.2, 0.25) is 0 Å². The maximum atomic E-state index is 5.89. The van der Waals surface area contributed by atoms with E-state index in [1.54, 1.807) is 42.7 Å². The first-order valence-electron chi connectivity index (χ1n) is 18.8. The second-order valence-corrected chi connectivity index (χ2v) is 14.1. The minimum atomic E-state index is 0.0890. The van der Waals surface area contributed by atoms with Crippen molar-refractivity contribution < 1.29 is 42.6 Å². The molecule has 3 aliphatic rings. The van der Waals surface area contributed by atoms with Gasteiger partial charge in [0.05, 0.1) is 82.3 Å². The fraction of sp³-hybridized carbons (Fsp3) is 0.571. The summed E-state index contributed by atoms with van der Waals surface area (Å²) in [6, 6.07) is 6.41. The van der Waals surface area contributed by atoms with Gasteiger partial charge >= 0.3 is 0 Å². The van der Waals surface area contributed by atoms with Crippen molar-refractivity contribution >= 4 is 0 Å². The Hall–Kier alpha value is -3.78. The molecule has 6 N–H and O–H groups in total. The number of benzene rings is 3. The van der Waals surface area contributed by atoms with Gasteiger partial charge in [0.1, 0.15) is 34.5 Å². The van der Waals surface area contributed by atoms with Crippen LogP contribution in [-0.4, -0.2) is 80.6 Å². The van der Waals surface area contributed by atoms with Crippen LogP contribution < -0.4 is 45.6 Å². The standard InChI is InChI=1S/3C14H21NO3/c3*1-9(15)6-10-7-13(16-2)11-4-5-18-8-12(11)14(10)17-3/h3*7,9H,4-6,8,15H2,1-3H3. The van der Waals surface area contributed by atoms with Gasteiger partial charge in [0.2, 0.25) is 0 Å². The molecule has 12 heteroatoms. The molecular weight excluding hydrogens is 690 g/mol. The summed E-state index contributed by atoms with van der Waals surface area (Å²) in [4.78, 5) is 0. The average molecular weight is 754 g/mol. The maximum absolute atomic E-state index is 5.89. The summed E-state index contributed by atoms with van der Waals surface area (Å²) in [6.45, 7) is 9.92. The Balaban J connectivity index is 0.000000180. The molecule has 0 saturated heterocycles. The van der Waals surface area contributed by atoms with Gasteiger partial charge in [-0.1, -0.05) is 0 Å². The van der Waals surface area contributed by atoms with Crippen molar-refractivity contribution in [2.24, 2.45) is 17.2 Å². The fourth-order valence-electron chi connectivity index (χ4n) is 7.50. The summed E-state index contributed by atoms with van der Waals surface area (Å²) in [7, 11) is 10.2. The Bertz CT molecular complexity index is 1480. The van der Waals surface area contributed by atoms with E-state index < -0.39 is 0 Å². The molecule has 54 heavy (non-hydrogen) atoms.